The first-order chi connectivity index (χ1) is 14.1. The zero-order valence-corrected chi connectivity index (χ0v) is 16.2. The molecule has 6 heteroatoms. The van der Waals surface area contributed by atoms with Crippen molar-refractivity contribution in [2.45, 2.75) is 19.0 Å². The summed E-state index contributed by atoms with van der Waals surface area (Å²) in [6.07, 6.45) is 2.11. The summed E-state index contributed by atoms with van der Waals surface area (Å²) in [5.41, 5.74) is 2.68. The third-order valence-corrected chi connectivity index (χ3v) is 4.92. The molecule has 0 spiro atoms. The van der Waals surface area contributed by atoms with Gasteiger partial charge in [0.15, 0.2) is 0 Å². The zero-order chi connectivity index (χ0) is 20.2. The number of furan rings is 1. The standard InChI is InChI=1S/C23H22FN3O2/c1-26(15-17-6-3-2-4-7-17)16-23(28)27-21(22-8-5-13-29-22)14-20(25-27)18-9-11-19(24)12-10-18/h2-13,21H,14-16H2,1H3. The van der Waals surface area contributed by atoms with Crippen LogP contribution in [0.2, 0.25) is 0 Å². The Hall–Kier alpha value is -3.25. The van der Waals surface area contributed by atoms with Gasteiger partial charge in [0.2, 0.25) is 0 Å². The number of hydrazone groups is 1. The van der Waals surface area contributed by atoms with Crippen molar-refractivity contribution in [1.82, 2.24) is 9.91 Å². The Morgan fingerprint density at radius 2 is 1.90 bits per heavy atom. The number of nitrogens with zero attached hydrogens (tertiary/aromatic N) is 3. The van der Waals surface area contributed by atoms with Crippen LogP contribution in [0.5, 0.6) is 0 Å². The Balaban J connectivity index is 1.52. The van der Waals surface area contributed by atoms with E-state index in [1.54, 1.807) is 24.5 Å². The van der Waals surface area contributed by atoms with Gasteiger partial charge in [-0.05, 0) is 42.4 Å². The predicted octanol–water partition coefficient (Wildman–Crippen LogP) is 4.23. The van der Waals surface area contributed by atoms with Crippen molar-refractivity contribution in [1.29, 1.82) is 0 Å². The molecule has 1 aliphatic heterocycles. The second-order valence-electron chi connectivity index (χ2n) is 7.19. The normalized spacial score (nSPS) is 16.3. The summed E-state index contributed by atoms with van der Waals surface area (Å²) in [4.78, 5) is 15.0. The molecule has 0 aliphatic carbocycles. The van der Waals surface area contributed by atoms with Crippen LogP contribution in [0.4, 0.5) is 4.39 Å². The molecule has 1 aliphatic rings. The Morgan fingerprint density at radius 3 is 2.59 bits per heavy atom. The third-order valence-electron chi connectivity index (χ3n) is 4.92. The number of hydrogen-bond acceptors (Lipinski definition) is 4. The SMILES string of the molecule is CN(CC(=O)N1N=C(c2ccc(F)cc2)CC1c1ccco1)Cc1ccccc1. The van der Waals surface area contributed by atoms with Gasteiger partial charge in [-0.3, -0.25) is 9.69 Å². The molecule has 148 valence electrons. The monoisotopic (exact) mass is 391 g/mol. The number of carbonyl (C=O) groups is 1. The van der Waals surface area contributed by atoms with Gasteiger partial charge in [0.25, 0.3) is 5.91 Å². The smallest absolute Gasteiger partial charge is 0.257 e. The molecule has 1 aromatic heterocycles. The fourth-order valence-corrected chi connectivity index (χ4v) is 3.51. The fourth-order valence-electron chi connectivity index (χ4n) is 3.51. The molecular weight excluding hydrogens is 369 g/mol. The Morgan fingerprint density at radius 1 is 1.14 bits per heavy atom. The minimum Gasteiger partial charge on any atom is -0.467 e. The molecule has 0 bridgehead atoms. The van der Waals surface area contributed by atoms with Crippen LogP contribution in [0.15, 0.2) is 82.5 Å². The highest BCUT2D eigenvalue weighted by molar-refractivity contribution is 6.03. The van der Waals surface area contributed by atoms with E-state index >= 15 is 0 Å². The average Bonchev–Trinajstić information content (AvgIpc) is 3.39. The van der Waals surface area contributed by atoms with Crippen LogP contribution in [0.25, 0.3) is 0 Å². The lowest BCUT2D eigenvalue weighted by Crippen LogP contribution is -2.36. The molecule has 1 amide bonds. The molecule has 5 nitrogen and oxygen atoms in total. The fraction of sp³-hybridized carbons (Fsp3) is 0.217. The Kier molecular flexibility index (Phi) is 5.53. The molecule has 0 radical (unpaired) electrons. The molecule has 1 atom stereocenters. The molecule has 1 unspecified atom stereocenters. The lowest BCUT2D eigenvalue weighted by atomic mass is 10.0. The molecular formula is C23H22FN3O2. The van der Waals surface area contributed by atoms with Gasteiger partial charge >= 0.3 is 0 Å². The zero-order valence-electron chi connectivity index (χ0n) is 16.2. The number of carbonyl (C=O) groups excluding carboxylic acids is 1. The summed E-state index contributed by atoms with van der Waals surface area (Å²) < 4.78 is 18.8. The number of rotatable bonds is 6. The van der Waals surface area contributed by atoms with Crippen LogP contribution in [0, 0.1) is 5.82 Å². The van der Waals surface area contributed by atoms with Gasteiger partial charge in [-0.25, -0.2) is 9.40 Å². The highest BCUT2D eigenvalue weighted by Crippen LogP contribution is 2.33. The first kappa shape index (κ1) is 19.1. The van der Waals surface area contributed by atoms with E-state index in [2.05, 4.69) is 5.10 Å². The maximum atomic E-state index is 13.3. The summed E-state index contributed by atoms with van der Waals surface area (Å²) >= 11 is 0. The van der Waals surface area contributed by atoms with Gasteiger partial charge in [0.1, 0.15) is 17.6 Å². The van der Waals surface area contributed by atoms with Gasteiger partial charge in [-0.2, -0.15) is 5.10 Å². The summed E-state index contributed by atoms with van der Waals surface area (Å²) in [6, 6.07) is 19.5. The lowest BCUT2D eigenvalue weighted by Gasteiger charge is -2.23. The molecule has 2 aromatic carbocycles. The van der Waals surface area contributed by atoms with Crippen LogP contribution in [-0.4, -0.2) is 35.1 Å². The van der Waals surface area contributed by atoms with Crippen LogP contribution in [0.1, 0.15) is 29.3 Å². The molecule has 0 saturated carbocycles. The number of hydrogen-bond donors (Lipinski definition) is 0. The number of benzene rings is 2. The first-order valence-electron chi connectivity index (χ1n) is 9.51. The van der Waals surface area contributed by atoms with Gasteiger partial charge in [-0.1, -0.05) is 42.5 Å². The second-order valence-corrected chi connectivity index (χ2v) is 7.19. The highest BCUT2D eigenvalue weighted by atomic mass is 19.1. The Bertz CT molecular complexity index is 985. The highest BCUT2D eigenvalue weighted by Gasteiger charge is 2.35. The maximum absolute atomic E-state index is 13.3. The van der Waals surface area contributed by atoms with Crippen LogP contribution < -0.4 is 0 Å². The van der Waals surface area contributed by atoms with Crippen molar-refractivity contribution in [3.63, 3.8) is 0 Å². The molecule has 3 aromatic rings. The molecule has 2 heterocycles. The number of amides is 1. The summed E-state index contributed by atoms with van der Waals surface area (Å²) in [5.74, 6) is 0.275. The van der Waals surface area contributed by atoms with Crippen LogP contribution >= 0.6 is 0 Å². The van der Waals surface area contributed by atoms with Crippen molar-refractivity contribution in [3.8, 4) is 0 Å². The van der Waals surface area contributed by atoms with E-state index in [1.165, 1.54) is 17.1 Å². The van der Waals surface area contributed by atoms with E-state index in [-0.39, 0.29) is 24.3 Å². The minimum absolute atomic E-state index is 0.109. The van der Waals surface area contributed by atoms with Crippen LogP contribution in [0.3, 0.4) is 0 Å². The topological polar surface area (TPSA) is 49.1 Å². The van der Waals surface area contributed by atoms with Crippen molar-refractivity contribution < 1.29 is 13.6 Å². The van der Waals surface area contributed by atoms with Gasteiger partial charge < -0.3 is 4.42 Å². The van der Waals surface area contributed by atoms with E-state index in [0.29, 0.717) is 18.7 Å². The maximum Gasteiger partial charge on any atom is 0.257 e. The van der Waals surface area contributed by atoms with E-state index in [0.717, 1.165) is 16.8 Å². The number of likely N-dealkylation sites (N-methyl/N-ethyl adjacent to an activating group) is 1. The van der Waals surface area contributed by atoms with Gasteiger partial charge in [-0.15, -0.1) is 0 Å². The van der Waals surface area contributed by atoms with E-state index in [4.69, 9.17) is 4.42 Å². The summed E-state index contributed by atoms with van der Waals surface area (Å²) in [5, 5.41) is 6.08. The largest absolute Gasteiger partial charge is 0.467 e. The second kappa shape index (κ2) is 8.41. The third kappa shape index (κ3) is 4.43. The predicted molar refractivity (Wildman–Crippen MR) is 109 cm³/mol. The van der Waals surface area contributed by atoms with Gasteiger partial charge in [0, 0.05) is 13.0 Å². The van der Waals surface area contributed by atoms with Crippen molar-refractivity contribution in [3.05, 3.63) is 95.7 Å². The Labute approximate surface area is 169 Å². The molecule has 29 heavy (non-hydrogen) atoms. The van der Waals surface area contributed by atoms with Crippen LogP contribution in [-0.2, 0) is 11.3 Å². The summed E-state index contributed by atoms with van der Waals surface area (Å²) in [6.45, 7) is 0.896. The van der Waals surface area contributed by atoms with E-state index < -0.39 is 0 Å². The molecule has 0 saturated heterocycles. The molecule has 4 rings (SSSR count). The number of halogens is 1. The van der Waals surface area contributed by atoms with E-state index in [1.807, 2.05) is 48.3 Å². The minimum atomic E-state index is -0.303. The molecule has 0 fully saturated rings. The quantitative estimate of drug-likeness (QED) is 0.632. The van der Waals surface area contributed by atoms with E-state index in [9.17, 15) is 9.18 Å². The van der Waals surface area contributed by atoms with Gasteiger partial charge in [0.05, 0.1) is 18.5 Å². The van der Waals surface area contributed by atoms with Crippen molar-refractivity contribution in [2.75, 3.05) is 13.6 Å². The first-order valence-corrected chi connectivity index (χ1v) is 9.51. The van der Waals surface area contributed by atoms with Crippen molar-refractivity contribution >= 4 is 11.6 Å². The lowest BCUT2D eigenvalue weighted by molar-refractivity contribution is -0.134. The average molecular weight is 391 g/mol. The summed E-state index contributed by atoms with van der Waals surface area (Å²) in [7, 11) is 1.91. The molecule has 0 N–H and O–H groups in total. The van der Waals surface area contributed by atoms with Crippen molar-refractivity contribution in [2.24, 2.45) is 5.10 Å².